The first-order valence-corrected chi connectivity index (χ1v) is 23.1. The molecule has 61 heavy (non-hydrogen) atoms. The number of aryl methyl sites for hydroxylation is 3. The van der Waals surface area contributed by atoms with Gasteiger partial charge in [-0.05, 0) is 147 Å². The Labute approximate surface area is 382 Å². The molecule has 1 heterocycles. The van der Waals surface area contributed by atoms with Crippen LogP contribution < -0.4 is 5.46 Å². The van der Waals surface area contributed by atoms with Crippen LogP contribution in [-0.4, -0.2) is 62.3 Å². The lowest BCUT2D eigenvalue weighted by atomic mass is 9.78. The van der Waals surface area contributed by atoms with E-state index >= 15 is 0 Å². The van der Waals surface area contributed by atoms with E-state index in [0.29, 0.717) is 26.6 Å². The van der Waals surface area contributed by atoms with E-state index in [4.69, 9.17) is 28.6 Å². The molecule has 1 fully saturated rings. The number of ether oxygens (including phenoxy) is 3. The Morgan fingerprint density at radius 1 is 0.525 bits per heavy atom. The van der Waals surface area contributed by atoms with Gasteiger partial charge >= 0.3 is 7.12 Å². The Kier molecular flexibility index (Phi) is 21.0. The van der Waals surface area contributed by atoms with Gasteiger partial charge in [-0.15, -0.1) is 0 Å². The van der Waals surface area contributed by atoms with E-state index in [9.17, 15) is 5.11 Å². The molecule has 10 heteroatoms. The summed E-state index contributed by atoms with van der Waals surface area (Å²) in [6.45, 7) is 14.9. The summed E-state index contributed by atoms with van der Waals surface area (Å²) >= 11 is 6.45. The largest absolute Gasteiger partial charge is 0.508 e. The Bertz CT molecular complexity index is 1950. The zero-order valence-electron chi connectivity index (χ0n) is 37.1. The minimum Gasteiger partial charge on any atom is -0.508 e. The molecule has 7 nitrogen and oxygen atoms in total. The van der Waals surface area contributed by atoms with Crippen molar-refractivity contribution in [2.75, 3.05) is 33.7 Å². The first kappa shape index (κ1) is 50.2. The molecule has 2 N–H and O–H groups in total. The van der Waals surface area contributed by atoms with Gasteiger partial charge < -0.3 is 33.7 Å². The van der Waals surface area contributed by atoms with Crippen LogP contribution in [0.3, 0.4) is 0 Å². The van der Waals surface area contributed by atoms with Crippen LogP contribution >= 0.6 is 31.9 Å². The van der Waals surface area contributed by atoms with Gasteiger partial charge in [0.2, 0.25) is 0 Å². The van der Waals surface area contributed by atoms with E-state index in [2.05, 4.69) is 152 Å². The molecule has 0 aliphatic carbocycles. The Morgan fingerprint density at radius 2 is 0.951 bits per heavy atom. The molecule has 328 valence electrons. The molecule has 1 aliphatic heterocycles. The van der Waals surface area contributed by atoms with E-state index in [-0.39, 0.29) is 29.8 Å². The summed E-state index contributed by atoms with van der Waals surface area (Å²) in [4.78, 5) is 0. The Balaban J connectivity index is 0.000000243. The van der Waals surface area contributed by atoms with E-state index < -0.39 is 0 Å². The lowest BCUT2D eigenvalue weighted by molar-refractivity contribution is -0.0660. The van der Waals surface area contributed by atoms with Crippen molar-refractivity contribution in [2.45, 2.75) is 104 Å². The van der Waals surface area contributed by atoms with Gasteiger partial charge in [0, 0.05) is 22.7 Å². The van der Waals surface area contributed by atoms with Crippen molar-refractivity contribution in [1.29, 1.82) is 0 Å². The third-order valence-corrected chi connectivity index (χ3v) is 11.8. The molecule has 0 spiro atoms. The van der Waals surface area contributed by atoms with Crippen molar-refractivity contribution < 1.29 is 33.7 Å². The topological polar surface area (TPSA) is 86.6 Å². The minimum absolute atomic E-state index is 0.245. The van der Waals surface area contributed by atoms with Gasteiger partial charge in [0.05, 0.1) is 24.4 Å². The SMILES string of the molecule is CCCCc1ccc(-c2cc(O)cc(-c3ccc(CCCOCOCCOC)cc3)c2)cc1.CCCCc1ccc(B2OC(C)(C)C(C)(C)O2)cc1.Oc1cc(Br)cc(Br)c1. The van der Waals surface area contributed by atoms with Gasteiger partial charge in [0.1, 0.15) is 18.3 Å². The molecule has 0 amide bonds. The van der Waals surface area contributed by atoms with Crippen molar-refractivity contribution in [3.8, 4) is 33.8 Å². The van der Waals surface area contributed by atoms with Crippen molar-refractivity contribution in [3.05, 3.63) is 135 Å². The quantitative estimate of drug-likeness (QED) is 0.0514. The summed E-state index contributed by atoms with van der Waals surface area (Å²) in [6, 6.07) is 36.8. The number of phenolic OH excluding ortho intramolecular Hbond substituents is 2. The highest BCUT2D eigenvalue weighted by Gasteiger charge is 2.51. The molecule has 0 saturated carbocycles. The molecular formula is C51H65BBr2O7. The van der Waals surface area contributed by atoms with Gasteiger partial charge in [0.15, 0.2) is 0 Å². The fraction of sp³-hybridized carbons (Fsp3) is 0.412. The highest BCUT2D eigenvalue weighted by molar-refractivity contribution is 9.11. The van der Waals surface area contributed by atoms with Crippen LogP contribution in [0.4, 0.5) is 0 Å². The van der Waals surface area contributed by atoms with Crippen molar-refractivity contribution >= 4 is 44.4 Å². The summed E-state index contributed by atoms with van der Waals surface area (Å²) in [5.41, 5.74) is 8.86. The van der Waals surface area contributed by atoms with E-state index in [1.807, 2.05) is 18.2 Å². The minimum atomic E-state index is -0.265. The fourth-order valence-corrected chi connectivity index (χ4v) is 7.76. The second-order valence-corrected chi connectivity index (χ2v) is 18.2. The number of hydrogen-bond donors (Lipinski definition) is 2. The van der Waals surface area contributed by atoms with Gasteiger partial charge in [0.25, 0.3) is 0 Å². The summed E-state index contributed by atoms with van der Waals surface area (Å²) in [5.74, 6) is 0.544. The number of hydrogen-bond acceptors (Lipinski definition) is 7. The number of phenols is 2. The molecule has 6 rings (SSSR count). The number of rotatable bonds is 18. The first-order chi connectivity index (χ1) is 29.2. The lowest BCUT2D eigenvalue weighted by Gasteiger charge is -2.32. The molecule has 0 radical (unpaired) electrons. The van der Waals surface area contributed by atoms with E-state index in [0.717, 1.165) is 62.3 Å². The number of aromatic hydroxyl groups is 2. The first-order valence-electron chi connectivity index (χ1n) is 21.5. The van der Waals surface area contributed by atoms with Gasteiger partial charge in [-0.2, -0.15) is 0 Å². The third-order valence-electron chi connectivity index (χ3n) is 10.8. The number of benzene rings is 5. The zero-order valence-corrected chi connectivity index (χ0v) is 40.3. The van der Waals surface area contributed by atoms with Crippen molar-refractivity contribution in [3.63, 3.8) is 0 Å². The normalized spacial score (nSPS) is 13.9. The monoisotopic (exact) mass is 958 g/mol. The van der Waals surface area contributed by atoms with Crippen LogP contribution in [0.15, 0.2) is 118 Å². The average molecular weight is 961 g/mol. The van der Waals surface area contributed by atoms with Crippen LogP contribution in [0.25, 0.3) is 22.3 Å². The average Bonchev–Trinajstić information content (AvgIpc) is 3.46. The maximum Gasteiger partial charge on any atom is 0.494 e. The smallest absolute Gasteiger partial charge is 0.494 e. The van der Waals surface area contributed by atoms with Gasteiger partial charge in [-0.25, -0.2) is 0 Å². The van der Waals surface area contributed by atoms with Gasteiger partial charge in [-0.1, -0.05) is 131 Å². The van der Waals surface area contributed by atoms with Crippen LogP contribution in [-0.2, 0) is 42.8 Å². The molecule has 1 aliphatic rings. The Morgan fingerprint density at radius 3 is 1.39 bits per heavy atom. The molecule has 5 aromatic carbocycles. The molecule has 0 atom stereocenters. The number of methoxy groups -OCH3 is 1. The maximum absolute atomic E-state index is 10.3. The molecular weight excluding hydrogens is 895 g/mol. The standard InChI is InChI=1S/C29H36O4.C16H25BO2.C6H4Br2O/c1-3-4-6-23-8-12-25(13-9-23)27-19-28(21-29(30)20-27)26-14-10-24(11-15-26)7-5-16-32-22-33-18-17-31-2;1-6-7-8-13-9-11-14(12-10-13)17-18-15(2,3)16(4,5)19-17;7-4-1-5(8)3-6(9)2-4/h8-15,19-21,30H,3-7,16-18,22H2,1-2H3;9-12H,6-8H2,1-5H3;1-3,9H. The number of unbranched alkanes of at least 4 members (excludes halogenated alkanes) is 2. The van der Waals surface area contributed by atoms with Crippen LogP contribution in [0.5, 0.6) is 11.5 Å². The summed E-state index contributed by atoms with van der Waals surface area (Å²) in [5, 5.41) is 19.3. The van der Waals surface area contributed by atoms with E-state index in [1.54, 1.807) is 19.2 Å². The van der Waals surface area contributed by atoms with Crippen molar-refractivity contribution in [1.82, 2.24) is 0 Å². The fourth-order valence-electron chi connectivity index (χ4n) is 6.49. The van der Waals surface area contributed by atoms with Crippen LogP contribution in [0.2, 0.25) is 0 Å². The predicted octanol–water partition coefficient (Wildman–Crippen LogP) is 12.9. The predicted molar refractivity (Wildman–Crippen MR) is 259 cm³/mol. The second kappa shape index (κ2) is 25.6. The number of halogens is 2. The zero-order chi connectivity index (χ0) is 44.3. The van der Waals surface area contributed by atoms with Crippen LogP contribution in [0.1, 0.15) is 90.3 Å². The van der Waals surface area contributed by atoms with Crippen LogP contribution in [0, 0.1) is 0 Å². The maximum atomic E-state index is 10.3. The lowest BCUT2D eigenvalue weighted by Crippen LogP contribution is -2.41. The van der Waals surface area contributed by atoms with Crippen molar-refractivity contribution in [2.24, 2.45) is 0 Å². The molecule has 0 bridgehead atoms. The molecule has 5 aromatic rings. The highest BCUT2D eigenvalue weighted by atomic mass is 79.9. The summed E-state index contributed by atoms with van der Waals surface area (Å²) < 4.78 is 29.5. The summed E-state index contributed by atoms with van der Waals surface area (Å²) in [7, 11) is 1.41. The Hall–Kier alpha value is -3.48. The summed E-state index contributed by atoms with van der Waals surface area (Å²) in [6.07, 6.45) is 9.06. The molecule has 0 aromatic heterocycles. The van der Waals surface area contributed by atoms with Gasteiger partial charge in [-0.3, -0.25) is 0 Å². The highest BCUT2D eigenvalue weighted by Crippen LogP contribution is 2.36. The van der Waals surface area contributed by atoms with E-state index in [1.165, 1.54) is 42.4 Å². The third kappa shape index (κ3) is 17.0. The molecule has 0 unspecified atom stereocenters. The second-order valence-electron chi connectivity index (χ2n) is 16.4. The molecule has 1 saturated heterocycles.